The fraction of sp³-hybridized carbons (Fsp3) is 0.350. The van der Waals surface area contributed by atoms with E-state index in [1.165, 1.54) is 17.2 Å². The summed E-state index contributed by atoms with van der Waals surface area (Å²) in [5.74, 6) is -0.177. The number of benzene rings is 1. The van der Waals surface area contributed by atoms with Crippen LogP contribution in [0.4, 0.5) is 5.82 Å². The van der Waals surface area contributed by atoms with Crippen LogP contribution in [0.2, 0.25) is 0 Å². The number of rotatable bonds is 9. The van der Waals surface area contributed by atoms with Gasteiger partial charge in [0, 0.05) is 6.54 Å². The summed E-state index contributed by atoms with van der Waals surface area (Å²) in [6.45, 7) is 0.396. The number of carbonyl (C=O) groups is 2. The molecule has 32 heavy (non-hydrogen) atoms. The number of carbonyl (C=O) groups excluding carboxylic acids is 2. The summed E-state index contributed by atoms with van der Waals surface area (Å²) in [4.78, 5) is 36.2. The van der Waals surface area contributed by atoms with Gasteiger partial charge in [0.15, 0.2) is 17.6 Å². The van der Waals surface area contributed by atoms with E-state index in [1.807, 2.05) is 30.3 Å². The van der Waals surface area contributed by atoms with E-state index in [0.29, 0.717) is 23.5 Å². The van der Waals surface area contributed by atoms with Crippen LogP contribution < -0.4 is 10.6 Å². The lowest BCUT2D eigenvalue weighted by atomic mass is 10.1. The van der Waals surface area contributed by atoms with Crippen molar-refractivity contribution >= 4 is 29.4 Å². The molecular weight excluding hydrogens is 420 g/mol. The molecule has 0 aliphatic carbocycles. The summed E-state index contributed by atoms with van der Waals surface area (Å²) < 4.78 is 11.5. The average Bonchev–Trinajstić information content (AvgIpc) is 3.39. The van der Waals surface area contributed by atoms with Crippen molar-refractivity contribution in [3.63, 3.8) is 0 Å². The topological polar surface area (TPSA) is 161 Å². The number of anilines is 1. The Morgan fingerprint density at radius 2 is 2.09 bits per heavy atom. The summed E-state index contributed by atoms with van der Waals surface area (Å²) in [7, 11) is 0. The molecule has 0 spiro atoms. The number of aliphatic hydroxyl groups excluding tert-OH is 2. The molecule has 0 unspecified atom stereocenters. The van der Waals surface area contributed by atoms with Crippen LogP contribution in [0.25, 0.3) is 11.2 Å². The molecule has 12 heteroatoms. The van der Waals surface area contributed by atoms with E-state index in [4.69, 9.17) is 9.47 Å². The molecule has 1 saturated heterocycles. The van der Waals surface area contributed by atoms with Gasteiger partial charge in [-0.2, -0.15) is 0 Å². The zero-order valence-electron chi connectivity index (χ0n) is 16.9. The van der Waals surface area contributed by atoms with Gasteiger partial charge in [0.25, 0.3) is 12.4 Å². The number of fused-ring (bicyclic) bond motifs is 1. The molecule has 1 amide bonds. The van der Waals surface area contributed by atoms with E-state index in [1.54, 1.807) is 0 Å². The van der Waals surface area contributed by atoms with Gasteiger partial charge in [-0.15, -0.1) is 0 Å². The maximum Gasteiger partial charge on any atom is 0.293 e. The molecule has 0 saturated carbocycles. The molecule has 1 aliphatic heterocycles. The van der Waals surface area contributed by atoms with Crippen molar-refractivity contribution in [3.05, 3.63) is 48.5 Å². The Hall–Kier alpha value is -3.61. The molecule has 4 N–H and O–H groups in total. The molecular formula is C20H22N6O6. The van der Waals surface area contributed by atoms with Crippen LogP contribution in [-0.2, 0) is 25.6 Å². The van der Waals surface area contributed by atoms with E-state index in [0.717, 1.165) is 5.56 Å². The van der Waals surface area contributed by atoms with Crippen molar-refractivity contribution in [3.8, 4) is 0 Å². The first-order valence-electron chi connectivity index (χ1n) is 9.87. The number of hydrogen-bond donors (Lipinski definition) is 4. The Balaban J connectivity index is 1.56. The first-order valence-corrected chi connectivity index (χ1v) is 9.87. The molecule has 4 atom stereocenters. The van der Waals surface area contributed by atoms with Crippen LogP contribution >= 0.6 is 0 Å². The smallest absolute Gasteiger partial charge is 0.293 e. The van der Waals surface area contributed by atoms with E-state index in [2.05, 4.69) is 25.6 Å². The minimum atomic E-state index is -1.36. The number of hydrogen-bond acceptors (Lipinski definition) is 10. The molecule has 168 valence electrons. The molecule has 3 aromatic rings. The zero-order chi connectivity index (χ0) is 22.5. The van der Waals surface area contributed by atoms with Crippen molar-refractivity contribution in [1.29, 1.82) is 0 Å². The molecule has 1 fully saturated rings. The quantitative estimate of drug-likeness (QED) is 0.313. The number of nitrogens with one attached hydrogen (secondary N) is 2. The predicted octanol–water partition coefficient (Wildman–Crippen LogP) is -0.653. The van der Waals surface area contributed by atoms with Gasteiger partial charge in [-0.25, -0.2) is 15.0 Å². The first kappa shape index (κ1) is 21.6. The Kier molecular flexibility index (Phi) is 6.54. The highest BCUT2D eigenvalue weighted by atomic mass is 16.5. The lowest BCUT2D eigenvalue weighted by Crippen LogP contribution is -2.46. The summed E-state index contributed by atoms with van der Waals surface area (Å²) in [5.41, 5.74) is 1.91. The number of aliphatic hydroxyl groups is 2. The Morgan fingerprint density at radius 1 is 1.28 bits per heavy atom. The third-order valence-electron chi connectivity index (χ3n) is 5.04. The first-order chi connectivity index (χ1) is 15.6. The van der Waals surface area contributed by atoms with Gasteiger partial charge in [0.2, 0.25) is 0 Å². The number of ether oxygens (including phenoxy) is 2. The van der Waals surface area contributed by atoms with Crippen LogP contribution in [0.5, 0.6) is 0 Å². The molecule has 3 heterocycles. The van der Waals surface area contributed by atoms with E-state index in [9.17, 15) is 19.8 Å². The van der Waals surface area contributed by atoms with Crippen molar-refractivity contribution < 1.29 is 29.3 Å². The number of nitrogens with zero attached hydrogens (tertiary/aromatic N) is 4. The zero-order valence-corrected chi connectivity index (χ0v) is 16.9. The third-order valence-corrected chi connectivity index (χ3v) is 5.04. The molecule has 4 rings (SSSR count). The van der Waals surface area contributed by atoms with Crippen molar-refractivity contribution in [1.82, 2.24) is 24.8 Å². The largest absolute Gasteiger partial charge is 0.464 e. The molecule has 12 nitrogen and oxygen atoms in total. The fourth-order valence-corrected chi connectivity index (χ4v) is 3.39. The second-order valence-electron chi connectivity index (χ2n) is 7.15. The van der Waals surface area contributed by atoms with Gasteiger partial charge in [0.05, 0.1) is 12.9 Å². The van der Waals surface area contributed by atoms with Gasteiger partial charge < -0.3 is 30.3 Å². The molecule has 1 aliphatic rings. The van der Waals surface area contributed by atoms with Crippen LogP contribution in [0.15, 0.2) is 43.0 Å². The minimum absolute atomic E-state index is 0.160. The molecule has 2 aromatic heterocycles. The van der Waals surface area contributed by atoms with Crippen LogP contribution in [0.1, 0.15) is 11.7 Å². The molecule has 0 radical (unpaired) electrons. The van der Waals surface area contributed by atoms with Gasteiger partial charge in [-0.05, 0) is 5.56 Å². The second-order valence-corrected chi connectivity index (χ2v) is 7.15. The second kappa shape index (κ2) is 9.68. The van der Waals surface area contributed by atoms with Crippen LogP contribution in [0, 0.1) is 0 Å². The highest BCUT2D eigenvalue weighted by molar-refractivity contribution is 5.84. The fourth-order valence-electron chi connectivity index (χ4n) is 3.39. The Morgan fingerprint density at radius 3 is 2.81 bits per heavy atom. The van der Waals surface area contributed by atoms with Gasteiger partial charge in [0.1, 0.15) is 36.8 Å². The number of imidazole rings is 1. The summed E-state index contributed by atoms with van der Waals surface area (Å²) >= 11 is 0. The highest BCUT2D eigenvalue weighted by Crippen LogP contribution is 2.22. The molecule has 1 aromatic carbocycles. The van der Waals surface area contributed by atoms with Gasteiger partial charge in [-0.3, -0.25) is 14.2 Å². The SMILES string of the molecule is O=COC[C@@H](NC(=O)[C@@H]1OC[C@H](O)[C@H]1O)n1cnc2c(NCc3ccccc3)ncnc21. The van der Waals surface area contributed by atoms with E-state index in [-0.39, 0.29) is 19.7 Å². The maximum atomic E-state index is 12.6. The number of aromatic nitrogens is 4. The van der Waals surface area contributed by atoms with Crippen molar-refractivity contribution in [2.45, 2.75) is 31.0 Å². The van der Waals surface area contributed by atoms with Crippen LogP contribution in [0.3, 0.4) is 0 Å². The van der Waals surface area contributed by atoms with Crippen LogP contribution in [-0.4, -0.2) is 73.6 Å². The Labute approximate surface area is 182 Å². The Bertz CT molecular complexity index is 1080. The third kappa shape index (κ3) is 4.51. The standard InChI is InChI=1S/C20H22N6O6/c27-11-31-8-14(25-20(30)17-16(29)13(28)7-32-17)26-10-24-15-18(22-9-23-19(15)26)21-6-12-4-2-1-3-5-12/h1-5,9-11,13-14,16-17,28-29H,6-8H2,(H,25,30)(H,21,22,23)/t13-,14-,16+,17+/m0/s1. The monoisotopic (exact) mass is 442 g/mol. The minimum Gasteiger partial charge on any atom is -0.464 e. The lowest BCUT2D eigenvalue weighted by Gasteiger charge is -2.22. The summed E-state index contributed by atoms with van der Waals surface area (Å²) in [5, 5.41) is 25.4. The van der Waals surface area contributed by atoms with E-state index < -0.39 is 30.4 Å². The normalized spacial score (nSPS) is 21.2. The van der Waals surface area contributed by atoms with Gasteiger partial charge >= 0.3 is 0 Å². The predicted molar refractivity (Wildman–Crippen MR) is 110 cm³/mol. The summed E-state index contributed by atoms with van der Waals surface area (Å²) in [6.07, 6.45) is -1.87. The highest BCUT2D eigenvalue weighted by Gasteiger charge is 2.40. The lowest BCUT2D eigenvalue weighted by molar-refractivity contribution is -0.138. The maximum absolute atomic E-state index is 12.6. The van der Waals surface area contributed by atoms with Crippen molar-refractivity contribution in [2.24, 2.45) is 0 Å². The number of amides is 1. The van der Waals surface area contributed by atoms with Gasteiger partial charge in [-0.1, -0.05) is 30.3 Å². The van der Waals surface area contributed by atoms with Crippen molar-refractivity contribution in [2.75, 3.05) is 18.5 Å². The van der Waals surface area contributed by atoms with E-state index >= 15 is 0 Å². The molecule has 0 bridgehead atoms. The average molecular weight is 442 g/mol. The summed E-state index contributed by atoms with van der Waals surface area (Å²) in [6, 6.07) is 9.75.